The summed E-state index contributed by atoms with van der Waals surface area (Å²) in [5.41, 5.74) is 2.29. The Hall–Kier alpha value is -3.02. The van der Waals surface area contributed by atoms with Gasteiger partial charge in [-0.1, -0.05) is 18.2 Å². The molecule has 0 unspecified atom stereocenters. The van der Waals surface area contributed by atoms with Crippen molar-refractivity contribution in [3.8, 4) is 11.5 Å². The quantitative estimate of drug-likeness (QED) is 0.907. The van der Waals surface area contributed by atoms with E-state index in [-0.39, 0.29) is 24.6 Å². The first-order valence-corrected chi connectivity index (χ1v) is 9.17. The molecule has 6 heteroatoms. The highest BCUT2D eigenvalue weighted by atomic mass is 16.7. The maximum absolute atomic E-state index is 12.7. The molecule has 2 amide bonds. The maximum Gasteiger partial charge on any atom is 0.254 e. The molecule has 2 aliphatic heterocycles. The number of ether oxygens (including phenoxy) is 2. The third-order valence-corrected chi connectivity index (χ3v) is 5.13. The van der Waals surface area contributed by atoms with Crippen molar-refractivity contribution in [2.24, 2.45) is 0 Å². The van der Waals surface area contributed by atoms with E-state index in [1.165, 1.54) is 0 Å². The van der Waals surface area contributed by atoms with Crippen LogP contribution in [-0.2, 0) is 0 Å². The number of benzene rings is 2. The molecule has 4 rings (SSSR count). The summed E-state index contributed by atoms with van der Waals surface area (Å²) in [5, 5.41) is 3.06. The van der Waals surface area contributed by atoms with Gasteiger partial charge in [0.2, 0.25) is 6.79 Å². The van der Waals surface area contributed by atoms with E-state index in [1.54, 1.807) is 18.2 Å². The summed E-state index contributed by atoms with van der Waals surface area (Å²) >= 11 is 0. The highest BCUT2D eigenvalue weighted by molar-refractivity contribution is 5.96. The van der Waals surface area contributed by atoms with Crippen LogP contribution in [0.5, 0.6) is 11.5 Å². The van der Waals surface area contributed by atoms with Crippen molar-refractivity contribution >= 4 is 11.8 Å². The van der Waals surface area contributed by atoms with Gasteiger partial charge in [-0.05, 0) is 49.6 Å². The lowest BCUT2D eigenvalue weighted by Crippen LogP contribution is -2.46. The molecular weight excluding hydrogens is 344 g/mol. The Morgan fingerprint density at radius 1 is 1.04 bits per heavy atom. The number of nitrogens with one attached hydrogen (secondary N) is 1. The van der Waals surface area contributed by atoms with Gasteiger partial charge in [-0.3, -0.25) is 9.59 Å². The third-order valence-electron chi connectivity index (χ3n) is 5.13. The van der Waals surface area contributed by atoms with Gasteiger partial charge in [-0.25, -0.2) is 0 Å². The molecule has 2 heterocycles. The zero-order chi connectivity index (χ0) is 18.8. The number of hydrogen-bond donors (Lipinski definition) is 1. The van der Waals surface area contributed by atoms with Crippen molar-refractivity contribution in [3.63, 3.8) is 0 Å². The molecule has 1 saturated heterocycles. The van der Waals surface area contributed by atoms with Gasteiger partial charge in [0.1, 0.15) is 0 Å². The summed E-state index contributed by atoms with van der Waals surface area (Å²) in [6.45, 7) is 3.41. The van der Waals surface area contributed by atoms with Gasteiger partial charge >= 0.3 is 0 Å². The lowest BCUT2D eigenvalue weighted by Gasteiger charge is -2.32. The minimum Gasteiger partial charge on any atom is -0.454 e. The molecule has 2 aromatic carbocycles. The van der Waals surface area contributed by atoms with Gasteiger partial charge in [-0.15, -0.1) is 0 Å². The van der Waals surface area contributed by atoms with Crippen LogP contribution in [0.1, 0.15) is 39.1 Å². The van der Waals surface area contributed by atoms with Gasteiger partial charge in [0.05, 0.1) is 0 Å². The van der Waals surface area contributed by atoms with E-state index in [2.05, 4.69) is 5.32 Å². The first-order chi connectivity index (χ1) is 13.1. The van der Waals surface area contributed by atoms with Crippen molar-refractivity contribution in [2.75, 3.05) is 19.9 Å². The van der Waals surface area contributed by atoms with Crippen LogP contribution in [0.2, 0.25) is 0 Å². The van der Waals surface area contributed by atoms with Crippen LogP contribution in [0.4, 0.5) is 0 Å². The van der Waals surface area contributed by atoms with E-state index in [1.807, 2.05) is 36.1 Å². The van der Waals surface area contributed by atoms with Gasteiger partial charge in [0, 0.05) is 30.3 Å². The van der Waals surface area contributed by atoms with E-state index < -0.39 is 0 Å². The summed E-state index contributed by atoms with van der Waals surface area (Å²) in [6, 6.07) is 12.9. The van der Waals surface area contributed by atoms with Crippen molar-refractivity contribution in [1.82, 2.24) is 10.2 Å². The molecule has 27 heavy (non-hydrogen) atoms. The Balaban J connectivity index is 1.33. The molecule has 1 fully saturated rings. The first kappa shape index (κ1) is 17.4. The number of piperidine rings is 1. The molecule has 0 bridgehead atoms. The fourth-order valence-electron chi connectivity index (χ4n) is 3.52. The fraction of sp³-hybridized carbons (Fsp3) is 0.333. The van der Waals surface area contributed by atoms with Crippen molar-refractivity contribution in [3.05, 3.63) is 59.2 Å². The van der Waals surface area contributed by atoms with E-state index in [0.717, 1.165) is 24.0 Å². The average molecular weight is 366 g/mol. The summed E-state index contributed by atoms with van der Waals surface area (Å²) in [6.07, 6.45) is 1.49. The number of likely N-dealkylation sites (tertiary alicyclic amines) is 1. The average Bonchev–Trinajstić information content (AvgIpc) is 3.16. The minimum absolute atomic E-state index is 0.0591. The van der Waals surface area contributed by atoms with Crippen LogP contribution < -0.4 is 14.8 Å². The van der Waals surface area contributed by atoms with Gasteiger partial charge in [0.15, 0.2) is 11.5 Å². The number of fused-ring (bicyclic) bond motifs is 1. The molecule has 1 N–H and O–H groups in total. The van der Waals surface area contributed by atoms with E-state index in [4.69, 9.17) is 9.47 Å². The third kappa shape index (κ3) is 3.60. The highest BCUT2D eigenvalue weighted by Crippen LogP contribution is 2.32. The number of amides is 2. The molecule has 6 nitrogen and oxygen atoms in total. The van der Waals surface area contributed by atoms with Gasteiger partial charge < -0.3 is 19.7 Å². The van der Waals surface area contributed by atoms with E-state index in [9.17, 15) is 9.59 Å². The lowest BCUT2D eigenvalue weighted by molar-refractivity contribution is 0.0697. The molecule has 2 aromatic rings. The number of aryl methyl sites for hydroxylation is 1. The molecule has 0 radical (unpaired) electrons. The smallest absolute Gasteiger partial charge is 0.254 e. The van der Waals surface area contributed by atoms with Gasteiger partial charge in [0.25, 0.3) is 11.8 Å². The predicted molar refractivity (Wildman–Crippen MR) is 100 cm³/mol. The number of carbonyl (C=O) groups is 2. The monoisotopic (exact) mass is 366 g/mol. The second kappa shape index (κ2) is 7.31. The molecule has 0 aromatic heterocycles. The Morgan fingerprint density at radius 3 is 2.56 bits per heavy atom. The van der Waals surface area contributed by atoms with Crippen LogP contribution in [0.25, 0.3) is 0 Å². The van der Waals surface area contributed by atoms with Crippen LogP contribution in [-0.4, -0.2) is 42.6 Å². The van der Waals surface area contributed by atoms with Crippen molar-refractivity contribution in [1.29, 1.82) is 0 Å². The number of nitrogens with zero attached hydrogens (tertiary/aromatic N) is 1. The summed E-state index contributed by atoms with van der Waals surface area (Å²) in [4.78, 5) is 27.1. The van der Waals surface area contributed by atoms with Gasteiger partial charge in [-0.2, -0.15) is 0 Å². The highest BCUT2D eigenvalue weighted by Gasteiger charge is 2.26. The Kier molecular flexibility index (Phi) is 4.71. The van der Waals surface area contributed by atoms with Crippen LogP contribution in [0.3, 0.4) is 0 Å². The summed E-state index contributed by atoms with van der Waals surface area (Å²) in [7, 11) is 0. The fourth-order valence-corrected chi connectivity index (χ4v) is 3.52. The molecule has 0 spiro atoms. The molecule has 0 aliphatic carbocycles. The predicted octanol–water partition coefficient (Wildman–Crippen LogP) is 2.76. The largest absolute Gasteiger partial charge is 0.454 e. The second-order valence-electron chi connectivity index (χ2n) is 6.92. The zero-order valence-electron chi connectivity index (χ0n) is 15.2. The molecular formula is C21H22N2O4. The Bertz CT molecular complexity index is 872. The normalized spacial score (nSPS) is 16.3. The zero-order valence-corrected chi connectivity index (χ0v) is 15.2. The van der Waals surface area contributed by atoms with Crippen LogP contribution in [0.15, 0.2) is 42.5 Å². The molecule has 0 saturated carbocycles. The minimum atomic E-state index is -0.128. The van der Waals surface area contributed by atoms with E-state index in [0.29, 0.717) is 30.2 Å². The van der Waals surface area contributed by atoms with Crippen LogP contribution in [0, 0.1) is 6.92 Å². The molecule has 0 atom stereocenters. The number of hydrogen-bond acceptors (Lipinski definition) is 4. The number of rotatable bonds is 3. The van der Waals surface area contributed by atoms with Crippen molar-refractivity contribution in [2.45, 2.75) is 25.8 Å². The second-order valence-corrected chi connectivity index (χ2v) is 6.92. The number of carbonyl (C=O) groups excluding carboxylic acids is 2. The molecule has 140 valence electrons. The first-order valence-electron chi connectivity index (χ1n) is 9.17. The van der Waals surface area contributed by atoms with Crippen molar-refractivity contribution < 1.29 is 19.1 Å². The SMILES string of the molecule is Cc1ccccc1C(=O)N1CCC(NC(=O)c2ccc3c(c2)OCO3)CC1. The lowest BCUT2D eigenvalue weighted by atomic mass is 10.0. The Morgan fingerprint density at radius 2 is 1.78 bits per heavy atom. The topological polar surface area (TPSA) is 67.9 Å². The summed E-state index contributed by atoms with van der Waals surface area (Å²) in [5.74, 6) is 1.20. The maximum atomic E-state index is 12.7. The molecule has 2 aliphatic rings. The van der Waals surface area contributed by atoms with Crippen LogP contribution >= 0.6 is 0 Å². The summed E-state index contributed by atoms with van der Waals surface area (Å²) < 4.78 is 10.6. The standard InChI is InChI=1S/C21H22N2O4/c1-14-4-2-3-5-17(14)21(25)23-10-8-16(9-11-23)22-20(24)15-6-7-18-19(12-15)27-13-26-18/h2-7,12,16H,8-11,13H2,1H3,(H,22,24). The van der Waals surface area contributed by atoms with E-state index >= 15 is 0 Å². The Labute approximate surface area is 158 Å².